The Labute approximate surface area is 161 Å². The fraction of sp³-hybridized carbons (Fsp3) is 0.737. The smallest absolute Gasteiger partial charge is 0.272 e. The van der Waals surface area contributed by atoms with Gasteiger partial charge in [0.1, 0.15) is 5.69 Å². The van der Waals surface area contributed by atoms with E-state index >= 15 is 0 Å². The number of nitrogens with zero attached hydrogens (tertiary/aromatic N) is 5. The van der Waals surface area contributed by atoms with Crippen LogP contribution in [0.15, 0.2) is 12.3 Å². The molecule has 150 valence electrons. The van der Waals surface area contributed by atoms with Crippen molar-refractivity contribution in [2.45, 2.75) is 38.3 Å². The molecule has 1 aromatic rings. The Morgan fingerprint density at radius 2 is 2.11 bits per heavy atom. The molecule has 2 aliphatic rings. The van der Waals surface area contributed by atoms with Gasteiger partial charge in [0.25, 0.3) is 5.91 Å². The quantitative estimate of drug-likeness (QED) is 0.755. The lowest BCUT2D eigenvalue weighted by molar-refractivity contribution is -0.131. The third-order valence-electron chi connectivity index (χ3n) is 6.09. The number of amides is 2. The Morgan fingerprint density at radius 3 is 2.85 bits per heavy atom. The van der Waals surface area contributed by atoms with Crippen molar-refractivity contribution in [1.29, 1.82) is 0 Å². The molecule has 0 N–H and O–H groups in total. The van der Waals surface area contributed by atoms with Crippen LogP contribution in [0, 0.1) is 0 Å². The number of carbonyl (C=O) groups is 2. The van der Waals surface area contributed by atoms with Crippen LogP contribution in [-0.2, 0) is 16.1 Å². The molecule has 0 saturated carbocycles. The van der Waals surface area contributed by atoms with Crippen molar-refractivity contribution in [3.05, 3.63) is 18.0 Å². The van der Waals surface area contributed by atoms with E-state index in [0.29, 0.717) is 51.4 Å². The minimum Gasteiger partial charge on any atom is -0.383 e. The van der Waals surface area contributed by atoms with E-state index in [-0.39, 0.29) is 17.4 Å². The number of likely N-dealkylation sites (N-methyl/N-ethyl adjacent to an activating group) is 1. The first-order valence-electron chi connectivity index (χ1n) is 9.80. The molecule has 0 aromatic carbocycles. The van der Waals surface area contributed by atoms with Crippen molar-refractivity contribution < 1.29 is 14.3 Å². The maximum absolute atomic E-state index is 13.1. The molecule has 1 aromatic heterocycles. The highest BCUT2D eigenvalue weighted by Gasteiger charge is 2.43. The van der Waals surface area contributed by atoms with Gasteiger partial charge in [0, 0.05) is 64.5 Å². The zero-order valence-corrected chi connectivity index (χ0v) is 16.7. The number of likely N-dealkylation sites (tertiary alicyclic amines) is 1. The van der Waals surface area contributed by atoms with E-state index in [2.05, 4.69) is 17.0 Å². The van der Waals surface area contributed by atoms with Crippen molar-refractivity contribution in [3.8, 4) is 0 Å². The summed E-state index contributed by atoms with van der Waals surface area (Å²) >= 11 is 0. The number of hydrogen-bond acceptors (Lipinski definition) is 5. The van der Waals surface area contributed by atoms with Gasteiger partial charge < -0.3 is 14.5 Å². The Hall–Kier alpha value is -1.93. The Bertz CT molecular complexity index is 676. The highest BCUT2D eigenvalue weighted by Crippen LogP contribution is 2.32. The first kappa shape index (κ1) is 19.8. The summed E-state index contributed by atoms with van der Waals surface area (Å²) in [5.41, 5.74) is 0.492. The van der Waals surface area contributed by atoms with Gasteiger partial charge in [-0.25, -0.2) is 0 Å². The van der Waals surface area contributed by atoms with E-state index in [1.807, 2.05) is 16.7 Å². The van der Waals surface area contributed by atoms with Gasteiger partial charge in [0.05, 0.1) is 6.61 Å². The molecule has 1 atom stereocenters. The van der Waals surface area contributed by atoms with Gasteiger partial charge in [0.2, 0.25) is 5.91 Å². The second-order valence-corrected chi connectivity index (χ2v) is 7.53. The molecular formula is C19H31N5O3. The second kappa shape index (κ2) is 8.39. The maximum Gasteiger partial charge on any atom is 0.272 e. The highest BCUT2D eigenvalue weighted by atomic mass is 16.5. The molecule has 0 radical (unpaired) electrons. The SMILES string of the molecule is CCn1nccc1C(=O)N1CCN(C)[C@@]2(CCC(=O)N(CCOC)CC2)C1. The highest BCUT2D eigenvalue weighted by molar-refractivity contribution is 5.92. The fourth-order valence-electron chi connectivity index (χ4n) is 4.23. The minimum atomic E-state index is -0.150. The molecule has 3 rings (SSSR count). The fourth-order valence-corrected chi connectivity index (χ4v) is 4.23. The average Bonchev–Trinajstić information content (AvgIpc) is 3.10. The molecule has 2 saturated heterocycles. The third-order valence-corrected chi connectivity index (χ3v) is 6.09. The predicted octanol–water partition coefficient (Wildman–Crippen LogP) is 0.688. The molecule has 8 nitrogen and oxygen atoms in total. The molecule has 2 amide bonds. The van der Waals surface area contributed by atoms with Gasteiger partial charge in [-0.05, 0) is 32.9 Å². The van der Waals surface area contributed by atoms with Crippen LogP contribution in [0.4, 0.5) is 0 Å². The van der Waals surface area contributed by atoms with E-state index in [1.165, 1.54) is 0 Å². The average molecular weight is 377 g/mol. The van der Waals surface area contributed by atoms with E-state index in [9.17, 15) is 9.59 Å². The predicted molar refractivity (Wildman–Crippen MR) is 101 cm³/mol. The molecule has 3 heterocycles. The topological polar surface area (TPSA) is 70.9 Å². The van der Waals surface area contributed by atoms with Crippen molar-refractivity contribution in [2.24, 2.45) is 0 Å². The van der Waals surface area contributed by atoms with E-state index < -0.39 is 0 Å². The van der Waals surface area contributed by atoms with Crippen molar-refractivity contribution in [3.63, 3.8) is 0 Å². The Balaban J connectivity index is 1.74. The van der Waals surface area contributed by atoms with Gasteiger partial charge >= 0.3 is 0 Å². The number of ether oxygens (including phenoxy) is 1. The van der Waals surface area contributed by atoms with E-state index in [0.717, 1.165) is 19.4 Å². The number of aromatic nitrogens is 2. The molecule has 2 fully saturated rings. The van der Waals surface area contributed by atoms with Crippen LogP contribution < -0.4 is 0 Å². The van der Waals surface area contributed by atoms with Crippen LogP contribution in [-0.4, -0.2) is 95.3 Å². The largest absolute Gasteiger partial charge is 0.383 e. The maximum atomic E-state index is 13.1. The van der Waals surface area contributed by atoms with Gasteiger partial charge in [-0.15, -0.1) is 0 Å². The first-order valence-corrected chi connectivity index (χ1v) is 9.80. The number of methoxy groups -OCH3 is 1. The van der Waals surface area contributed by atoms with E-state index in [1.54, 1.807) is 24.1 Å². The minimum absolute atomic E-state index is 0.0358. The summed E-state index contributed by atoms with van der Waals surface area (Å²) in [4.78, 5) is 31.8. The molecule has 0 unspecified atom stereocenters. The summed E-state index contributed by atoms with van der Waals surface area (Å²) < 4.78 is 6.88. The van der Waals surface area contributed by atoms with Crippen LogP contribution in [0.1, 0.15) is 36.7 Å². The van der Waals surface area contributed by atoms with Gasteiger partial charge in [-0.1, -0.05) is 0 Å². The van der Waals surface area contributed by atoms with Crippen LogP contribution in [0.2, 0.25) is 0 Å². The van der Waals surface area contributed by atoms with Crippen molar-refractivity contribution in [2.75, 3.05) is 53.5 Å². The summed E-state index contributed by atoms with van der Waals surface area (Å²) in [6.07, 6.45) is 3.85. The lowest BCUT2D eigenvalue weighted by Gasteiger charge is -2.49. The molecule has 27 heavy (non-hydrogen) atoms. The number of rotatable bonds is 5. The molecular weight excluding hydrogens is 346 g/mol. The summed E-state index contributed by atoms with van der Waals surface area (Å²) in [7, 11) is 3.77. The zero-order valence-electron chi connectivity index (χ0n) is 16.7. The third kappa shape index (κ3) is 4.01. The van der Waals surface area contributed by atoms with Gasteiger partial charge in [-0.3, -0.25) is 19.2 Å². The van der Waals surface area contributed by atoms with Crippen LogP contribution in [0.3, 0.4) is 0 Å². The second-order valence-electron chi connectivity index (χ2n) is 7.53. The van der Waals surface area contributed by atoms with Crippen molar-refractivity contribution in [1.82, 2.24) is 24.5 Å². The summed E-state index contributed by atoms with van der Waals surface area (Å²) in [5.74, 6) is 0.221. The lowest BCUT2D eigenvalue weighted by atomic mass is 9.86. The van der Waals surface area contributed by atoms with Gasteiger partial charge in [0.15, 0.2) is 0 Å². The molecule has 2 aliphatic heterocycles. The number of hydrogen-bond donors (Lipinski definition) is 0. The van der Waals surface area contributed by atoms with Crippen LogP contribution in [0.25, 0.3) is 0 Å². The lowest BCUT2D eigenvalue weighted by Crippen LogP contribution is -2.62. The van der Waals surface area contributed by atoms with Crippen LogP contribution in [0.5, 0.6) is 0 Å². The Kier molecular flexibility index (Phi) is 6.16. The van der Waals surface area contributed by atoms with E-state index in [4.69, 9.17) is 4.74 Å². The normalized spacial score (nSPS) is 24.5. The molecule has 8 heteroatoms. The summed E-state index contributed by atoms with van der Waals surface area (Å²) in [5, 5.41) is 4.23. The van der Waals surface area contributed by atoms with Crippen molar-refractivity contribution >= 4 is 11.8 Å². The number of carbonyl (C=O) groups excluding carboxylic acids is 2. The van der Waals surface area contributed by atoms with Gasteiger partial charge in [-0.2, -0.15) is 5.10 Å². The molecule has 0 aliphatic carbocycles. The monoisotopic (exact) mass is 377 g/mol. The Morgan fingerprint density at radius 1 is 1.30 bits per heavy atom. The molecule has 0 bridgehead atoms. The number of aryl methyl sites for hydroxylation is 1. The molecule has 1 spiro atoms. The number of piperazine rings is 1. The van der Waals surface area contributed by atoms with Crippen LogP contribution >= 0.6 is 0 Å². The standard InChI is InChI=1S/C19H31N5O3/c1-4-24-16(6-9-20-24)18(26)23-12-11-21(2)19(15-23)7-5-17(25)22(10-8-19)13-14-27-3/h6,9H,4-5,7-8,10-15H2,1-3H3/t19-/m1/s1. The zero-order chi connectivity index (χ0) is 19.4. The summed E-state index contributed by atoms with van der Waals surface area (Å²) in [6, 6.07) is 1.79. The summed E-state index contributed by atoms with van der Waals surface area (Å²) in [6.45, 7) is 6.74. The first-order chi connectivity index (χ1) is 13.0.